The number of nitrogens with zero attached hydrogens (tertiary/aromatic N) is 3. The van der Waals surface area contributed by atoms with E-state index in [0.717, 1.165) is 18.7 Å². The molecule has 1 aliphatic heterocycles. The number of benzene rings is 1. The van der Waals surface area contributed by atoms with Gasteiger partial charge in [0, 0.05) is 32.7 Å². The van der Waals surface area contributed by atoms with Crippen molar-refractivity contribution in [3.05, 3.63) is 52.2 Å². The maximum Gasteiger partial charge on any atom is 0.243 e. The molecule has 2 aromatic rings. The van der Waals surface area contributed by atoms with Crippen molar-refractivity contribution in [1.82, 2.24) is 19.4 Å². The number of rotatable bonds is 10. The van der Waals surface area contributed by atoms with Crippen LogP contribution in [0.25, 0.3) is 0 Å². The van der Waals surface area contributed by atoms with Crippen molar-refractivity contribution < 1.29 is 13.2 Å². The number of hydrogen-bond donors (Lipinski definition) is 1. The van der Waals surface area contributed by atoms with Crippen LogP contribution in [0.5, 0.6) is 0 Å². The molecule has 0 saturated carbocycles. The maximum absolute atomic E-state index is 12.9. The number of nitrogens with one attached hydrogen (secondary N) is 1. The van der Waals surface area contributed by atoms with E-state index >= 15 is 0 Å². The quantitative estimate of drug-likeness (QED) is 0.568. The van der Waals surface area contributed by atoms with Gasteiger partial charge in [-0.05, 0) is 54.5 Å². The second-order valence-corrected chi connectivity index (χ2v) is 10.8. The lowest BCUT2D eigenvalue weighted by atomic mass is 10.1. The topological polar surface area (TPSA) is 73.0 Å². The second-order valence-electron chi connectivity index (χ2n) is 8.09. The summed E-state index contributed by atoms with van der Waals surface area (Å²) in [5.74, 6) is -0.0211. The second kappa shape index (κ2) is 11.4. The zero-order valence-corrected chi connectivity index (χ0v) is 20.8. The Kier molecular flexibility index (Phi) is 8.84. The monoisotopic (exact) mass is 478 g/mol. The van der Waals surface area contributed by atoms with Crippen LogP contribution in [0.4, 0.5) is 0 Å². The summed E-state index contributed by atoms with van der Waals surface area (Å²) >= 11 is 1.67. The molecule has 0 radical (unpaired) electrons. The summed E-state index contributed by atoms with van der Waals surface area (Å²) in [6.45, 7) is 10.8. The van der Waals surface area contributed by atoms with Crippen molar-refractivity contribution in [2.45, 2.75) is 31.7 Å². The van der Waals surface area contributed by atoms with Crippen molar-refractivity contribution in [3.63, 3.8) is 0 Å². The molecule has 1 amide bonds. The minimum atomic E-state index is -3.49. The molecule has 1 aromatic carbocycles. The molecule has 2 heterocycles. The van der Waals surface area contributed by atoms with Gasteiger partial charge >= 0.3 is 0 Å². The Balaban J connectivity index is 1.50. The number of thiophene rings is 1. The predicted molar refractivity (Wildman–Crippen MR) is 129 cm³/mol. The lowest BCUT2D eigenvalue weighted by molar-refractivity contribution is -0.122. The molecule has 1 aromatic heterocycles. The van der Waals surface area contributed by atoms with Gasteiger partial charge in [-0.1, -0.05) is 31.5 Å². The summed E-state index contributed by atoms with van der Waals surface area (Å²) in [6, 6.07) is 9.23. The first-order valence-electron chi connectivity index (χ1n) is 11.2. The number of piperazine rings is 1. The van der Waals surface area contributed by atoms with Crippen LogP contribution in [-0.2, 0) is 14.8 Å². The van der Waals surface area contributed by atoms with Crippen molar-refractivity contribution >= 4 is 27.3 Å². The third-order valence-electron chi connectivity index (χ3n) is 6.03. The summed E-state index contributed by atoms with van der Waals surface area (Å²) in [5.41, 5.74) is 2.26. The maximum atomic E-state index is 12.9. The molecule has 176 valence electrons. The van der Waals surface area contributed by atoms with E-state index in [1.165, 1.54) is 9.87 Å². The van der Waals surface area contributed by atoms with Crippen LogP contribution in [0.3, 0.4) is 0 Å². The Labute approximate surface area is 196 Å². The van der Waals surface area contributed by atoms with E-state index in [1.807, 2.05) is 24.0 Å². The molecule has 1 unspecified atom stereocenters. The van der Waals surface area contributed by atoms with Crippen LogP contribution in [0.15, 0.2) is 46.0 Å². The fourth-order valence-corrected chi connectivity index (χ4v) is 6.17. The van der Waals surface area contributed by atoms with E-state index in [4.69, 9.17) is 0 Å². The Morgan fingerprint density at radius 2 is 1.75 bits per heavy atom. The van der Waals surface area contributed by atoms with Gasteiger partial charge in [-0.15, -0.1) is 0 Å². The first kappa shape index (κ1) is 24.9. The highest BCUT2D eigenvalue weighted by Crippen LogP contribution is 2.22. The van der Waals surface area contributed by atoms with Gasteiger partial charge in [0.1, 0.15) is 0 Å². The van der Waals surface area contributed by atoms with E-state index in [9.17, 15) is 13.2 Å². The molecule has 3 rings (SSSR count). The Morgan fingerprint density at radius 3 is 2.31 bits per heavy atom. The first-order chi connectivity index (χ1) is 15.3. The normalized spacial score (nSPS) is 16.9. The molecular weight excluding hydrogens is 444 g/mol. The highest BCUT2D eigenvalue weighted by molar-refractivity contribution is 7.89. The van der Waals surface area contributed by atoms with Crippen LogP contribution in [0, 0.1) is 6.92 Å². The summed E-state index contributed by atoms with van der Waals surface area (Å²) < 4.78 is 27.2. The lowest BCUT2D eigenvalue weighted by Crippen LogP contribution is -2.51. The summed E-state index contributed by atoms with van der Waals surface area (Å²) in [7, 11) is -3.49. The molecule has 1 N–H and O–H groups in total. The molecule has 1 atom stereocenters. The zero-order valence-electron chi connectivity index (χ0n) is 19.2. The molecule has 1 fully saturated rings. The van der Waals surface area contributed by atoms with Gasteiger partial charge in [-0.25, -0.2) is 8.42 Å². The van der Waals surface area contributed by atoms with E-state index < -0.39 is 10.0 Å². The molecule has 7 nitrogen and oxygen atoms in total. The van der Waals surface area contributed by atoms with Gasteiger partial charge in [0.2, 0.25) is 15.9 Å². The molecule has 0 bridgehead atoms. The number of carbonyl (C=O) groups is 1. The van der Waals surface area contributed by atoms with Crippen LogP contribution < -0.4 is 5.32 Å². The SMILES string of the molecule is CCN(CC)C(CNC(=O)CN1CCN(S(=O)(=O)c2ccc(C)cc2)CC1)c1ccsc1. The van der Waals surface area contributed by atoms with Gasteiger partial charge in [0.15, 0.2) is 0 Å². The van der Waals surface area contributed by atoms with Gasteiger partial charge in [0.25, 0.3) is 0 Å². The Morgan fingerprint density at radius 1 is 1.09 bits per heavy atom. The van der Waals surface area contributed by atoms with E-state index in [2.05, 4.69) is 40.9 Å². The summed E-state index contributed by atoms with van der Waals surface area (Å²) in [5, 5.41) is 7.30. The van der Waals surface area contributed by atoms with Gasteiger partial charge in [-0.2, -0.15) is 15.6 Å². The largest absolute Gasteiger partial charge is 0.353 e. The first-order valence-corrected chi connectivity index (χ1v) is 13.6. The third-order valence-corrected chi connectivity index (χ3v) is 8.65. The van der Waals surface area contributed by atoms with Crippen LogP contribution in [-0.4, -0.2) is 80.8 Å². The highest BCUT2D eigenvalue weighted by atomic mass is 32.2. The fourth-order valence-electron chi connectivity index (χ4n) is 4.04. The minimum absolute atomic E-state index is 0.0211. The van der Waals surface area contributed by atoms with Gasteiger partial charge in [0.05, 0.1) is 17.5 Å². The Hall–Kier alpha value is -1.78. The molecule has 1 saturated heterocycles. The van der Waals surface area contributed by atoms with Crippen LogP contribution in [0.1, 0.15) is 31.0 Å². The third kappa shape index (κ3) is 6.17. The average molecular weight is 479 g/mol. The number of likely N-dealkylation sites (N-methyl/N-ethyl adjacent to an activating group) is 1. The molecule has 0 aliphatic carbocycles. The smallest absolute Gasteiger partial charge is 0.243 e. The summed E-state index contributed by atoms with van der Waals surface area (Å²) in [6.07, 6.45) is 0. The van der Waals surface area contributed by atoms with E-state index in [1.54, 1.807) is 23.5 Å². The predicted octanol–water partition coefficient (Wildman–Crippen LogP) is 2.56. The molecule has 1 aliphatic rings. The lowest BCUT2D eigenvalue weighted by Gasteiger charge is -2.34. The minimum Gasteiger partial charge on any atom is -0.353 e. The number of sulfonamides is 1. The molecule has 0 spiro atoms. The van der Waals surface area contributed by atoms with E-state index in [-0.39, 0.29) is 18.5 Å². The van der Waals surface area contributed by atoms with Crippen LogP contribution in [0.2, 0.25) is 0 Å². The fraction of sp³-hybridized carbons (Fsp3) is 0.522. The van der Waals surface area contributed by atoms with Crippen molar-refractivity contribution in [1.29, 1.82) is 0 Å². The highest BCUT2D eigenvalue weighted by Gasteiger charge is 2.29. The number of amides is 1. The number of hydrogen-bond acceptors (Lipinski definition) is 6. The van der Waals surface area contributed by atoms with Gasteiger partial charge in [-0.3, -0.25) is 14.6 Å². The van der Waals surface area contributed by atoms with Gasteiger partial charge < -0.3 is 5.32 Å². The van der Waals surface area contributed by atoms with Crippen LogP contribution >= 0.6 is 11.3 Å². The van der Waals surface area contributed by atoms with E-state index in [0.29, 0.717) is 37.6 Å². The number of carbonyl (C=O) groups excluding carboxylic acids is 1. The number of aryl methyl sites for hydroxylation is 1. The van der Waals surface area contributed by atoms with Crippen molar-refractivity contribution in [2.75, 3.05) is 52.4 Å². The zero-order chi connectivity index (χ0) is 23.1. The Bertz CT molecular complexity index is 950. The van der Waals surface area contributed by atoms with Crippen molar-refractivity contribution in [3.8, 4) is 0 Å². The average Bonchev–Trinajstić information content (AvgIpc) is 3.32. The van der Waals surface area contributed by atoms with Crippen molar-refractivity contribution in [2.24, 2.45) is 0 Å². The molecule has 9 heteroatoms. The molecular formula is C23H34N4O3S2. The standard InChI is InChI=1S/C23H34N4O3S2/c1-4-26(5-2)22(20-10-15-31-18-20)16-24-23(28)17-25-11-13-27(14-12-25)32(29,30)21-8-6-19(3)7-9-21/h6-10,15,18,22H,4-5,11-14,16-17H2,1-3H3,(H,24,28). The molecule has 32 heavy (non-hydrogen) atoms. The summed E-state index contributed by atoms with van der Waals surface area (Å²) in [4.78, 5) is 17.3.